The van der Waals surface area contributed by atoms with Gasteiger partial charge in [-0.15, -0.1) is 24.0 Å². The molecule has 0 saturated heterocycles. The van der Waals surface area contributed by atoms with Crippen LogP contribution in [0.3, 0.4) is 0 Å². The number of aromatic nitrogens is 2. The lowest BCUT2D eigenvalue weighted by Gasteiger charge is -2.28. The quantitative estimate of drug-likeness (QED) is 0.309. The topological polar surface area (TPSA) is 54.2 Å². The average molecular weight is 419 g/mol. The predicted octanol–water partition coefficient (Wildman–Crippen LogP) is 3.03. The number of guanidine groups is 1. The van der Waals surface area contributed by atoms with Crippen LogP contribution in [-0.2, 0) is 6.54 Å². The number of rotatable bonds is 7. The largest absolute Gasteiger partial charge is 0.356 e. The van der Waals surface area contributed by atoms with Crippen LogP contribution in [-0.4, -0.2) is 35.9 Å². The lowest BCUT2D eigenvalue weighted by atomic mass is 9.83. The summed E-state index contributed by atoms with van der Waals surface area (Å²) in [4.78, 5) is 4.32. The molecule has 1 heterocycles. The first-order chi connectivity index (χ1) is 10.3. The van der Waals surface area contributed by atoms with Gasteiger partial charge in [0.25, 0.3) is 0 Å². The van der Waals surface area contributed by atoms with E-state index in [1.807, 2.05) is 30.2 Å². The maximum absolute atomic E-state index is 4.32. The van der Waals surface area contributed by atoms with Gasteiger partial charge in [-0.05, 0) is 37.2 Å². The van der Waals surface area contributed by atoms with Crippen LogP contribution in [0.1, 0.15) is 45.4 Å². The monoisotopic (exact) mass is 419 g/mol. The van der Waals surface area contributed by atoms with Gasteiger partial charge >= 0.3 is 0 Å². The summed E-state index contributed by atoms with van der Waals surface area (Å²) in [6.45, 7) is 5.21. The fourth-order valence-corrected chi connectivity index (χ4v) is 3.15. The highest BCUT2D eigenvalue weighted by molar-refractivity contribution is 14.0. The van der Waals surface area contributed by atoms with Crippen molar-refractivity contribution in [3.8, 4) is 0 Å². The molecule has 22 heavy (non-hydrogen) atoms. The third-order valence-electron chi connectivity index (χ3n) is 4.68. The Labute approximate surface area is 151 Å². The van der Waals surface area contributed by atoms with Gasteiger partial charge < -0.3 is 10.6 Å². The SMILES string of the molecule is CCC1(CNC(=NC)NCCCn2cccn2)CCCC1.I. The number of aryl methyl sites for hydroxylation is 1. The number of nitrogens with one attached hydrogen (secondary N) is 2. The summed E-state index contributed by atoms with van der Waals surface area (Å²) in [5, 5.41) is 11.1. The van der Waals surface area contributed by atoms with E-state index >= 15 is 0 Å². The van der Waals surface area contributed by atoms with E-state index in [1.165, 1.54) is 32.1 Å². The van der Waals surface area contributed by atoms with E-state index < -0.39 is 0 Å². The van der Waals surface area contributed by atoms with E-state index in [-0.39, 0.29) is 24.0 Å². The summed E-state index contributed by atoms with van der Waals surface area (Å²) < 4.78 is 1.96. The molecule has 1 aliphatic carbocycles. The van der Waals surface area contributed by atoms with E-state index in [0.717, 1.165) is 32.0 Å². The summed E-state index contributed by atoms with van der Waals surface area (Å²) in [5.74, 6) is 0.926. The lowest BCUT2D eigenvalue weighted by Crippen LogP contribution is -2.43. The fraction of sp³-hybridized carbons (Fsp3) is 0.750. The maximum atomic E-state index is 4.32. The molecule has 1 aromatic rings. The Hall–Kier alpha value is -0.790. The zero-order valence-corrected chi connectivity index (χ0v) is 16.2. The molecule has 126 valence electrons. The molecule has 0 aliphatic heterocycles. The summed E-state index contributed by atoms with van der Waals surface area (Å²) >= 11 is 0. The summed E-state index contributed by atoms with van der Waals surface area (Å²) in [7, 11) is 1.84. The highest BCUT2D eigenvalue weighted by Crippen LogP contribution is 2.40. The Morgan fingerprint density at radius 2 is 2.09 bits per heavy atom. The van der Waals surface area contributed by atoms with Gasteiger partial charge in [-0.3, -0.25) is 9.67 Å². The number of hydrogen-bond donors (Lipinski definition) is 2. The summed E-state index contributed by atoms with van der Waals surface area (Å²) in [6.07, 6.45) is 11.6. The van der Waals surface area contributed by atoms with Crippen LogP contribution in [0.15, 0.2) is 23.5 Å². The lowest BCUT2D eigenvalue weighted by molar-refractivity contribution is 0.283. The first-order valence-electron chi connectivity index (χ1n) is 8.20. The van der Waals surface area contributed by atoms with Gasteiger partial charge in [0.05, 0.1) is 0 Å². The highest BCUT2D eigenvalue weighted by Gasteiger charge is 2.31. The molecule has 2 rings (SSSR count). The fourth-order valence-electron chi connectivity index (χ4n) is 3.15. The van der Waals surface area contributed by atoms with Crippen molar-refractivity contribution in [2.75, 3.05) is 20.1 Å². The summed E-state index contributed by atoms with van der Waals surface area (Å²) in [5.41, 5.74) is 0.493. The molecule has 5 nitrogen and oxygen atoms in total. The number of aliphatic imine (C=N–C) groups is 1. The van der Waals surface area contributed by atoms with E-state index in [4.69, 9.17) is 0 Å². The Morgan fingerprint density at radius 3 is 2.68 bits per heavy atom. The van der Waals surface area contributed by atoms with Crippen molar-refractivity contribution in [3.05, 3.63) is 18.5 Å². The van der Waals surface area contributed by atoms with Crippen LogP contribution in [0.4, 0.5) is 0 Å². The third kappa shape index (κ3) is 5.78. The Bertz CT molecular complexity index is 424. The van der Waals surface area contributed by atoms with Crippen LogP contribution >= 0.6 is 24.0 Å². The minimum Gasteiger partial charge on any atom is -0.356 e. The molecule has 1 aromatic heterocycles. The standard InChI is InChI=1S/C16H29N5.HI/c1-3-16(8-4-5-9-16)14-19-15(17-2)18-10-6-12-21-13-7-11-20-21;/h7,11,13H,3-6,8-10,12,14H2,1-2H3,(H2,17,18,19);1H. The maximum Gasteiger partial charge on any atom is 0.190 e. The molecule has 0 bridgehead atoms. The van der Waals surface area contributed by atoms with Crippen LogP contribution < -0.4 is 10.6 Å². The molecule has 0 aromatic carbocycles. The van der Waals surface area contributed by atoms with Crippen LogP contribution in [0.25, 0.3) is 0 Å². The molecule has 2 N–H and O–H groups in total. The van der Waals surface area contributed by atoms with Gasteiger partial charge in [-0.2, -0.15) is 5.10 Å². The smallest absolute Gasteiger partial charge is 0.190 e. The van der Waals surface area contributed by atoms with Crippen molar-refractivity contribution in [3.63, 3.8) is 0 Å². The average Bonchev–Trinajstić information content (AvgIpc) is 3.18. The van der Waals surface area contributed by atoms with Crippen molar-refractivity contribution in [1.29, 1.82) is 0 Å². The molecular formula is C16H30IN5. The molecule has 0 spiro atoms. The van der Waals surface area contributed by atoms with Gasteiger partial charge in [0, 0.05) is 39.1 Å². The number of hydrogen-bond acceptors (Lipinski definition) is 2. The van der Waals surface area contributed by atoms with E-state index in [2.05, 4.69) is 27.6 Å². The third-order valence-corrected chi connectivity index (χ3v) is 4.68. The van der Waals surface area contributed by atoms with Crippen molar-refractivity contribution < 1.29 is 0 Å². The predicted molar refractivity (Wildman–Crippen MR) is 103 cm³/mol. The summed E-state index contributed by atoms with van der Waals surface area (Å²) in [6, 6.07) is 1.96. The normalized spacial score (nSPS) is 17.1. The molecule has 6 heteroatoms. The van der Waals surface area contributed by atoms with Gasteiger partial charge in [0.15, 0.2) is 5.96 Å². The number of nitrogens with zero attached hydrogens (tertiary/aromatic N) is 3. The van der Waals surface area contributed by atoms with Gasteiger partial charge in [-0.25, -0.2) is 0 Å². The highest BCUT2D eigenvalue weighted by atomic mass is 127. The zero-order chi connectivity index (χ0) is 15.0. The van der Waals surface area contributed by atoms with Crippen molar-refractivity contribution >= 4 is 29.9 Å². The number of halogens is 1. The van der Waals surface area contributed by atoms with Crippen molar-refractivity contribution in [2.45, 2.75) is 52.0 Å². The Kier molecular flexibility index (Phi) is 8.82. The molecule has 0 unspecified atom stereocenters. The first-order valence-corrected chi connectivity index (χ1v) is 8.20. The van der Waals surface area contributed by atoms with Gasteiger partial charge in [-0.1, -0.05) is 19.8 Å². The second-order valence-electron chi connectivity index (χ2n) is 6.04. The minimum atomic E-state index is 0. The van der Waals surface area contributed by atoms with Crippen LogP contribution in [0, 0.1) is 5.41 Å². The van der Waals surface area contributed by atoms with Crippen molar-refractivity contribution in [1.82, 2.24) is 20.4 Å². The minimum absolute atomic E-state index is 0. The molecule has 1 fully saturated rings. The van der Waals surface area contributed by atoms with E-state index in [1.54, 1.807) is 0 Å². The van der Waals surface area contributed by atoms with Gasteiger partial charge in [0.2, 0.25) is 0 Å². The van der Waals surface area contributed by atoms with Gasteiger partial charge in [0.1, 0.15) is 0 Å². The molecule has 0 radical (unpaired) electrons. The van der Waals surface area contributed by atoms with E-state index in [0.29, 0.717) is 5.41 Å². The zero-order valence-electron chi connectivity index (χ0n) is 13.8. The Morgan fingerprint density at radius 1 is 1.32 bits per heavy atom. The first kappa shape index (κ1) is 19.3. The van der Waals surface area contributed by atoms with E-state index in [9.17, 15) is 0 Å². The molecule has 1 saturated carbocycles. The van der Waals surface area contributed by atoms with Crippen LogP contribution in [0.5, 0.6) is 0 Å². The molecule has 0 amide bonds. The van der Waals surface area contributed by atoms with Crippen molar-refractivity contribution in [2.24, 2.45) is 10.4 Å². The Balaban J connectivity index is 0.00000242. The van der Waals surface area contributed by atoms with Crippen LogP contribution in [0.2, 0.25) is 0 Å². The second kappa shape index (κ2) is 10.1. The molecular weight excluding hydrogens is 389 g/mol. The molecule has 0 atom stereocenters. The second-order valence-corrected chi connectivity index (χ2v) is 6.04. The molecule has 1 aliphatic rings.